The van der Waals surface area contributed by atoms with Crippen LogP contribution in [-0.4, -0.2) is 32.7 Å². The number of hydrogen-bond donors (Lipinski definition) is 2. The second kappa shape index (κ2) is 4.59. The van der Waals surface area contributed by atoms with Crippen molar-refractivity contribution in [3.63, 3.8) is 0 Å². The first-order valence-electron chi connectivity index (χ1n) is 5.25. The Morgan fingerprint density at radius 1 is 1.47 bits per heavy atom. The topological polar surface area (TPSA) is 88.3 Å². The van der Waals surface area contributed by atoms with Gasteiger partial charge in [-0.2, -0.15) is 0 Å². The zero-order valence-corrected chi connectivity index (χ0v) is 10.2. The molecule has 0 saturated heterocycles. The first-order valence-corrected chi connectivity index (χ1v) is 6.73. The summed E-state index contributed by atoms with van der Waals surface area (Å²) in [4.78, 5) is 13.8. The molecule has 17 heavy (non-hydrogen) atoms. The van der Waals surface area contributed by atoms with Crippen LogP contribution in [0.3, 0.4) is 0 Å². The second-order valence-corrected chi connectivity index (χ2v) is 5.70. The van der Waals surface area contributed by atoms with Gasteiger partial charge in [-0.05, 0) is 12.8 Å². The predicted octanol–water partition coefficient (Wildman–Crippen LogP) is -0.169. The maximum Gasteiger partial charge on any atom is 0.246 e. The van der Waals surface area contributed by atoms with Crippen molar-refractivity contribution in [1.82, 2.24) is 9.71 Å². The van der Waals surface area contributed by atoms with Crippen molar-refractivity contribution in [3.05, 3.63) is 28.7 Å². The Morgan fingerprint density at radius 2 is 2.18 bits per heavy atom. The van der Waals surface area contributed by atoms with Crippen molar-refractivity contribution in [2.24, 2.45) is 0 Å². The highest BCUT2D eigenvalue weighted by Crippen LogP contribution is 2.23. The molecule has 0 bridgehead atoms. The summed E-state index contributed by atoms with van der Waals surface area (Å²) in [6.07, 6.45) is 3.97. The number of pyridine rings is 1. The molecule has 1 aliphatic rings. The first-order chi connectivity index (χ1) is 8.03. The highest BCUT2D eigenvalue weighted by molar-refractivity contribution is 7.89. The fourth-order valence-corrected chi connectivity index (χ4v) is 3.06. The number of rotatable bonds is 4. The minimum Gasteiger partial charge on any atom is -0.381 e. The number of ether oxygens (including phenoxy) is 1. The van der Waals surface area contributed by atoms with Gasteiger partial charge in [0.15, 0.2) is 0 Å². The molecule has 0 aliphatic heterocycles. The standard InChI is InChI=1S/C10H14N2O4S/c1-16-8-4-7(5-8)12-17(14,15)10-6-11-3-2-9(10)13/h2-3,6-8,12H,4-5H2,1H3,(H,11,13). The summed E-state index contributed by atoms with van der Waals surface area (Å²) in [6, 6.07) is 1.04. The zero-order valence-electron chi connectivity index (χ0n) is 9.34. The number of nitrogens with one attached hydrogen (secondary N) is 2. The van der Waals surface area contributed by atoms with Gasteiger partial charge in [-0.1, -0.05) is 0 Å². The number of hydrogen-bond acceptors (Lipinski definition) is 4. The van der Waals surface area contributed by atoms with E-state index in [2.05, 4.69) is 9.71 Å². The Morgan fingerprint density at radius 3 is 2.76 bits per heavy atom. The molecule has 0 radical (unpaired) electrons. The number of methoxy groups -OCH3 is 1. The molecule has 7 heteroatoms. The number of aromatic amines is 1. The van der Waals surface area contributed by atoms with Crippen LogP contribution in [0.5, 0.6) is 0 Å². The third-order valence-corrected chi connectivity index (χ3v) is 4.37. The fourth-order valence-electron chi connectivity index (χ4n) is 1.75. The minimum atomic E-state index is -3.73. The summed E-state index contributed by atoms with van der Waals surface area (Å²) in [5.74, 6) is 0. The monoisotopic (exact) mass is 258 g/mol. The Kier molecular flexibility index (Phi) is 3.32. The molecular weight excluding hydrogens is 244 g/mol. The van der Waals surface area contributed by atoms with E-state index < -0.39 is 15.5 Å². The van der Waals surface area contributed by atoms with E-state index in [0.29, 0.717) is 12.8 Å². The van der Waals surface area contributed by atoms with E-state index in [1.807, 2.05) is 0 Å². The summed E-state index contributed by atoms with van der Waals surface area (Å²) < 4.78 is 31.3. The van der Waals surface area contributed by atoms with Gasteiger partial charge in [0.1, 0.15) is 4.90 Å². The molecule has 1 aliphatic carbocycles. The van der Waals surface area contributed by atoms with Crippen molar-refractivity contribution in [1.29, 1.82) is 0 Å². The average molecular weight is 258 g/mol. The average Bonchev–Trinajstić information content (AvgIpc) is 2.23. The summed E-state index contributed by atoms with van der Waals surface area (Å²) in [7, 11) is -2.14. The van der Waals surface area contributed by atoms with E-state index in [1.54, 1.807) is 7.11 Å². The molecule has 1 aromatic rings. The molecular formula is C10H14N2O4S. The minimum absolute atomic E-state index is 0.108. The van der Waals surface area contributed by atoms with Gasteiger partial charge < -0.3 is 9.72 Å². The van der Waals surface area contributed by atoms with Gasteiger partial charge in [-0.3, -0.25) is 4.79 Å². The van der Waals surface area contributed by atoms with Gasteiger partial charge in [0.2, 0.25) is 15.5 Å². The Bertz CT molecular complexity index is 545. The lowest BCUT2D eigenvalue weighted by Crippen LogP contribution is -2.48. The van der Waals surface area contributed by atoms with Gasteiger partial charge in [-0.15, -0.1) is 0 Å². The SMILES string of the molecule is COC1CC(NS(=O)(=O)c2c[nH]ccc2=O)C1. The normalized spacial score (nSPS) is 24.3. The third kappa shape index (κ3) is 2.56. The van der Waals surface area contributed by atoms with Crippen LogP contribution >= 0.6 is 0 Å². The summed E-state index contributed by atoms with van der Waals surface area (Å²) in [6.45, 7) is 0. The van der Waals surface area contributed by atoms with Crippen LogP contribution in [0.25, 0.3) is 0 Å². The molecule has 0 atom stereocenters. The van der Waals surface area contributed by atoms with E-state index >= 15 is 0 Å². The van der Waals surface area contributed by atoms with Crippen LogP contribution in [-0.2, 0) is 14.8 Å². The second-order valence-electron chi connectivity index (χ2n) is 4.02. The highest BCUT2D eigenvalue weighted by Gasteiger charge is 2.33. The summed E-state index contributed by atoms with van der Waals surface area (Å²) in [5, 5.41) is 0. The van der Waals surface area contributed by atoms with Crippen LogP contribution in [0.4, 0.5) is 0 Å². The van der Waals surface area contributed by atoms with E-state index in [1.165, 1.54) is 18.5 Å². The largest absolute Gasteiger partial charge is 0.381 e. The molecule has 0 spiro atoms. The van der Waals surface area contributed by atoms with Crippen molar-refractivity contribution < 1.29 is 13.2 Å². The van der Waals surface area contributed by atoms with Crippen molar-refractivity contribution in [2.75, 3.05) is 7.11 Å². The summed E-state index contributed by atoms with van der Waals surface area (Å²) in [5.41, 5.74) is -0.515. The van der Waals surface area contributed by atoms with Crippen LogP contribution in [0, 0.1) is 0 Å². The van der Waals surface area contributed by atoms with Gasteiger partial charge in [0, 0.05) is 31.6 Å². The van der Waals surface area contributed by atoms with Crippen LogP contribution in [0.2, 0.25) is 0 Å². The lowest BCUT2D eigenvalue weighted by molar-refractivity contribution is 0.0236. The molecule has 0 amide bonds. The van der Waals surface area contributed by atoms with Crippen LogP contribution in [0.1, 0.15) is 12.8 Å². The maximum absolute atomic E-state index is 11.9. The molecule has 1 saturated carbocycles. The van der Waals surface area contributed by atoms with E-state index in [4.69, 9.17) is 4.74 Å². The van der Waals surface area contributed by atoms with Crippen molar-refractivity contribution in [3.8, 4) is 0 Å². The Hall–Kier alpha value is -1.18. The molecule has 2 rings (SSSR count). The molecule has 0 aromatic carbocycles. The van der Waals surface area contributed by atoms with E-state index in [9.17, 15) is 13.2 Å². The zero-order chi connectivity index (χ0) is 12.5. The van der Waals surface area contributed by atoms with Gasteiger partial charge in [0.05, 0.1) is 6.10 Å². The van der Waals surface area contributed by atoms with Crippen LogP contribution in [0.15, 0.2) is 28.2 Å². The number of H-pyrrole nitrogens is 1. The van der Waals surface area contributed by atoms with E-state index in [0.717, 1.165) is 0 Å². The lowest BCUT2D eigenvalue weighted by atomic mass is 9.90. The predicted molar refractivity (Wildman–Crippen MR) is 61.2 cm³/mol. The molecule has 0 unspecified atom stereocenters. The molecule has 2 N–H and O–H groups in total. The smallest absolute Gasteiger partial charge is 0.246 e. The molecule has 1 fully saturated rings. The van der Waals surface area contributed by atoms with E-state index in [-0.39, 0.29) is 17.0 Å². The maximum atomic E-state index is 11.9. The molecule has 6 nitrogen and oxygen atoms in total. The van der Waals surface area contributed by atoms with Crippen LogP contribution < -0.4 is 10.2 Å². The quantitative estimate of drug-likeness (QED) is 0.785. The molecule has 94 valence electrons. The molecule has 1 aromatic heterocycles. The van der Waals surface area contributed by atoms with Gasteiger partial charge >= 0.3 is 0 Å². The Balaban J connectivity index is 2.11. The lowest BCUT2D eigenvalue weighted by Gasteiger charge is -2.34. The highest BCUT2D eigenvalue weighted by atomic mass is 32.2. The number of aromatic nitrogens is 1. The number of sulfonamides is 1. The van der Waals surface area contributed by atoms with Crippen molar-refractivity contribution in [2.45, 2.75) is 29.9 Å². The first kappa shape index (κ1) is 12.3. The third-order valence-electron chi connectivity index (χ3n) is 2.83. The van der Waals surface area contributed by atoms with Gasteiger partial charge in [-0.25, -0.2) is 13.1 Å². The Labute approximate surface area is 99.1 Å². The van der Waals surface area contributed by atoms with Crippen molar-refractivity contribution >= 4 is 10.0 Å². The fraction of sp³-hybridized carbons (Fsp3) is 0.500. The molecule has 1 heterocycles. The summed E-state index contributed by atoms with van der Waals surface area (Å²) >= 11 is 0. The van der Waals surface area contributed by atoms with Gasteiger partial charge in [0.25, 0.3) is 0 Å².